The smallest absolute Gasteiger partial charge is 0.165 e. The molecule has 0 N–H and O–H groups in total. The molecule has 2 nitrogen and oxygen atoms in total. The Balaban J connectivity index is 1.69. The Morgan fingerprint density at radius 3 is 2.62 bits per heavy atom. The van der Waals surface area contributed by atoms with Crippen LogP contribution >= 0.6 is 0 Å². The normalized spacial score (nSPS) is 32.3. The molecule has 1 unspecified atom stereocenters. The summed E-state index contributed by atoms with van der Waals surface area (Å²) >= 11 is 0. The lowest BCUT2D eigenvalue weighted by Gasteiger charge is -2.41. The third kappa shape index (κ3) is 2.97. The van der Waals surface area contributed by atoms with Crippen LogP contribution < -0.4 is 4.74 Å². The summed E-state index contributed by atoms with van der Waals surface area (Å²) in [6, 6.07) is 5.38. The molecule has 0 spiro atoms. The van der Waals surface area contributed by atoms with Crippen molar-refractivity contribution in [2.45, 2.75) is 44.4 Å². The van der Waals surface area contributed by atoms with E-state index in [0.29, 0.717) is 23.5 Å². The fraction of sp³-hybridized carbons (Fsp3) is 0.611. The maximum absolute atomic E-state index is 13.9. The van der Waals surface area contributed by atoms with Crippen LogP contribution in [0.2, 0.25) is 0 Å². The van der Waals surface area contributed by atoms with E-state index >= 15 is 0 Å². The van der Waals surface area contributed by atoms with Crippen molar-refractivity contribution in [1.29, 1.82) is 0 Å². The van der Waals surface area contributed by atoms with Crippen molar-refractivity contribution >= 4 is 6.29 Å². The molecule has 2 saturated carbocycles. The molecule has 1 aromatic carbocycles. The molecule has 1 aromatic rings. The van der Waals surface area contributed by atoms with E-state index in [1.807, 2.05) is 6.07 Å². The molecule has 3 rings (SSSR count). The van der Waals surface area contributed by atoms with E-state index in [9.17, 15) is 9.18 Å². The summed E-state index contributed by atoms with van der Waals surface area (Å²) in [4.78, 5) is 11.0. The summed E-state index contributed by atoms with van der Waals surface area (Å²) in [5.74, 6) is 2.21. The van der Waals surface area contributed by atoms with E-state index in [2.05, 4.69) is 0 Å². The Hall–Kier alpha value is -1.38. The zero-order chi connectivity index (χ0) is 14.8. The maximum Gasteiger partial charge on any atom is 0.165 e. The third-order valence-electron chi connectivity index (χ3n) is 5.49. The van der Waals surface area contributed by atoms with Gasteiger partial charge in [0, 0.05) is 5.92 Å². The molecule has 0 radical (unpaired) electrons. The fourth-order valence-electron chi connectivity index (χ4n) is 4.29. The second-order valence-electron chi connectivity index (χ2n) is 6.63. The van der Waals surface area contributed by atoms with Crippen LogP contribution in [0.5, 0.6) is 5.75 Å². The fourth-order valence-corrected chi connectivity index (χ4v) is 4.29. The zero-order valence-electron chi connectivity index (χ0n) is 12.6. The number of carbonyl (C=O) groups excluding carboxylic acids is 1. The standard InChI is InChI=1S/C18H23FO2/c1-21-18-7-6-16(10-17(18)19)15-5-4-13-8-12(11-20)2-3-14(13)9-15/h6-7,10-15H,2-5,8-9H2,1H3/t12-,13-,14-,15?/m1/s1. The number of fused-ring (bicyclic) bond motifs is 1. The number of aldehydes is 1. The minimum Gasteiger partial charge on any atom is -0.494 e. The van der Waals surface area contributed by atoms with E-state index in [1.54, 1.807) is 12.1 Å². The highest BCUT2D eigenvalue weighted by molar-refractivity contribution is 5.53. The lowest BCUT2D eigenvalue weighted by Crippen LogP contribution is -2.30. The molecule has 0 amide bonds. The molecule has 3 heteroatoms. The molecule has 0 aromatic heterocycles. The van der Waals surface area contributed by atoms with Crippen LogP contribution in [-0.4, -0.2) is 13.4 Å². The first kappa shape index (κ1) is 14.6. The summed E-state index contributed by atoms with van der Waals surface area (Å²) in [7, 11) is 1.49. The van der Waals surface area contributed by atoms with Gasteiger partial charge in [-0.05, 0) is 74.0 Å². The SMILES string of the molecule is COc1ccc(C2CC[C@@H]3C[C@H](C=O)CC[C@@H]3C2)cc1F. The van der Waals surface area contributed by atoms with Crippen molar-refractivity contribution in [2.75, 3.05) is 7.11 Å². The number of carbonyl (C=O) groups is 1. The number of benzene rings is 1. The van der Waals surface area contributed by atoms with Gasteiger partial charge < -0.3 is 9.53 Å². The summed E-state index contributed by atoms with van der Waals surface area (Å²) in [5, 5.41) is 0. The quantitative estimate of drug-likeness (QED) is 0.774. The molecule has 21 heavy (non-hydrogen) atoms. The highest BCUT2D eigenvalue weighted by Crippen LogP contribution is 2.47. The number of hydrogen-bond acceptors (Lipinski definition) is 2. The second kappa shape index (κ2) is 6.17. The van der Waals surface area contributed by atoms with Crippen molar-refractivity contribution in [3.05, 3.63) is 29.6 Å². The van der Waals surface area contributed by atoms with E-state index in [4.69, 9.17) is 4.74 Å². The molecular weight excluding hydrogens is 267 g/mol. The van der Waals surface area contributed by atoms with E-state index < -0.39 is 0 Å². The Labute approximate surface area is 125 Å². The monoisotopic (exact) mass is 290 g/mol. The van der Waals surface area contributed by atoms with Gasteiger partial charge in [0.1, 0.15) is 6.29 Å². The summed E-state index contributed by atoms with van der Waals surface area (Å²) in [6.45, 7) is 0. The van der Waals surface area contributed by atoms with E-state index in [0.717, 1.165) is 44.0 Å². The molecule has 2 fully saturated rings. The van der Waals surface area contributed by atoms with Gasteiger partial charge in [-0.2, -0.15) is 0 Å². The summed E-state index contributed by atoms with van der Waals surface area (Å²) < 4.78 is 18.9. The van der Waals surface area contributed by atoms with Crippen LogP contribution in [0.4, 0.5) is 4.39 Å². The van der Waals surface area contributed by atoms with E-state index in [-0.39, 0.29) is 11.7 Å². The first-order valence-electron chi connectivity index (χ1n) is 8.00. The van der Waals surface area contributed by atoms with Crippen molar-refractivity contribution in [3.63, 3.8) is 0 Å². The van der Waals surface area contributed by atoms with Crippen LogP contribution in [0.25, 0.3) is 0 Å². The van der Waals surface area contributed by atoms with E-state index in [1.165, 1.54) is 13.5 Å². The average Bonchev–Trinajstić information content (AvgIpc) is 2.53. The van der Waals surface area contributed by atoms with Crippen LogP contribution in [0.3, 0.4) is 0 Å². The first-order chi connectivity index (χ1) is 10.2. The van der Waals surface area contributed by atoms with Gasteiger partial charge >= 0.3 is 0 Å². The van der Waals surface area contributed by atoms with Gasteiger partial charge in [-0.15, -0.1) is 0 Å². The summed E-state index contributed by atoms with van der Waals surface area (Å²) in [6.07, 6.45) is 7.82. The number of ether oxygens (including phenoxy) is 1. The van der Waals surface area contributed by atoms with Crippen LogP contribution in [0.15, 0.2) is 18.2 Å². The predicted molar refractivity (Wildman–Crippen MR) is 79.9 cm³/mol. The van der Waals surface area contributed by atoms with Gasteiger partial charge in [0.15, 0.2) is 11.6 Å². The van der Waals surface area contributed by atoms with Gasteiger partial charge in [0.05, 0.1) is 7.11 Å². The number of methoxy groups -OCH3 is 1. The molecule has 0 saturated heterocycles. The van der Waals surface area contributed by atoms with Gasteiger partial charge in [0.25, 0.3) is 0 Å². The van der Waals surface area contributed by atoms with Gasteiger partial charge in [0.2, 0.25) is 0 Å². The zero-order valence-corrected chi connectivity index (χ0v) is 12.6. The molecule has 114 valence electrons. The van der Waals surface area contributed by atoms with Crippen molar-refractivity contribution < 1.29 is 13.9 Å². The van der Waals surface area contributed by atoms with Crippen LogP contribution in [-0.2, 0) is 4.79 Å². The number of hydrogen-bond donors (Lipinski definition) is 0. The Morgan fingerprint density at radius 2 is 1.90 bits per heavy atom. The van der Waals surface area contributed by atoms with Crippen LogP contribution in [0, 0.1) is 23.6 Å². The molecule has 2 aliphatic rings. The Morgan fingerprint density at radius 1 is 1.14 bits per heavy atom. The largest absolute Gasteiger partial charge is 0.494 e. The molecule has 0 bridgehead atoms. The molecule has 0 heterocycles. The second-order valence-corrected chi connectivity index (χ2v) is 6.63. The highest BCUT2D eigenvalue weighted by atomic mass is 19.1. The first-order valence-corrected chi connectivity index (χ1v) is 8.00. The Kier molecular flexibility index (Phi) is 4.27. The third-order valence-corrected chi connectivity index (χ3v) is 5.49. The number of rotatable bonds is 3. The Bertz CT molecular complexity index is 514. The topological polar surface area (TPSA) is 26.3 Å². The van der Waals surface area contributed by atoms with Gasteiger partial charge in [-0.3, -0.25) is 0 Å². The highest BCUT2D eigenvalue weighted by Gasteiger charge is 2.35. The lowest BCUT2D eigenvalue weighted by atomic mass is 9.64. The van der Waals surface area contributed by atoms with Gasteiger partial charge in [-0.25, -0.2) is 4.39 Å². The van der Waals surface area contributed by atoms with Crippen molar-refractivity contribution in [3.8, 4) is 5.75 Å². The molecule has 4 atom stereocenters. The van der Waals surface area contributed by atoms with Crippen molar-refractivity contribution in [2.24, 2.45) is 17.8 Å². The van der Waals surface area contributed by atoms with Crippen molar-refractivity contribution in [1.82, 2.24) is 0 Å². The number of halogens is 1. The molecular formula is C18H23FO2. The van der Waals surface area contributed by atoms with Crippen LogP contribution in [0.1, 0.15) is 50.0 Å². The average molecular weight is 290 g/mol. The molecule has 0 aliphatic heterocycles. The minimum atomic E-state index is -0.262. The van der Waals surface area contributed by atoms with Gasteiger partial charge in [-0.1, -0.05) is 6.07 Å². The minimum absolute atomic E-state index is 0.262. The molecule has 2 aliphatic carbocycles. The lowest BCUT2D eigenvalue weighted by molar-refractivity contribution is -0.113. The maximum atomic E-state index is 13.9. The predicted octanol–water partition coefficient (Wildman–Crippen LogP) is 4.33. The summed E-state index contributed by atoms with van der Waals surface area (Å²) in [5.41, 5.74) is 1.10.